The molecular weight excluding hydrogens is 266 g/mol. The molecule has 1 rings (SSSR count). The maximum absolute atomic E-state index is 12.0. The molecule has 0 aromatic rings. The second-order valence-electron chi connectivity index (χ2n) is 4.36. The lowest BCUT2D eigenvalue weighted by Gasteiger charge is -2.42. The highest BCUT2D eigenvalue weighted by Crippen LogP contribution is 2.17. The number of hydrogen-bond donors (Lipinski definition) is 2. The van der Waals surface area contributed by atoms with Gasteiger partial charge in [-0.1, -0.05) is 0 Å². The molecule has 20 heavy (non-hydrogen) atoms. The number of rotatable bonds is 7. The molecule has 0 spiro atoms. The monoisotopic (exact) mass is 287 g/mol. The Kier molecular flexibility index (Phi) is 6.96. The van der Waals surface area contributed by atoms with E-state index in [1.54, 1.807) is 5.01 Å². The molecule has 0 radical (unpaired) electrons. The van der Waals surface area contributed by atoms with Crippen LogP contribution in [0.15, 0.2) is 0 Å². The van der Waals surface area contributed by atoms with Crippen molar-refractivity contribution in [2.45, 2.75) is 32.4 Å². The number of amides is 2. The van der Waals surface area contributed by atoms with E-state index < -0.39 is 24.8 Å². The van der Waals surface area contributed by atoms with Crippen molar-refractivity contribution in [3.05, 3.63) is 0 Å². The van der Waals surface area contributed by atoms with Gasteiger partial charge in [-0.25, -0.2) is 4.79 Å². The normalized spacial score (nSPS) is 17.6. The Morgan fingerprint density at radius 1 is 1.40 bits per heavy atom. The number of hydrazine groups is 1. The smallest absolute Gasteiger partial charge is 0.332 e. The lowest BCUT2D eigenvalue weighted by molar-refractivity contribution is -0.159. The Morgan fingerprint density at radius 3 is 2.70 bits per heavy atom. The molecule has 1 heterocycles. The van der Waals surface area contributed by atoms with Gasteiger partial charge in [0.1, 0.15) is 19.1 Å². The van der Waals surface area contributed by atoms with Gasteiger partial charge in [0.2, 0.25) is 0 Å². The highest BCUT2D eigenvalue weighted by atomic mass is 16.5. The molecule has 0 aliphatic carbocycles. The summed E-state index contributed by atoms with van der Waals surface area (Å²) >= 11 is 0. The molecule has 8 heteroatoms. The van der Waals surface area contributed by atoms with Crippen molar-refractivity contribution in [2.24, 2.45) is 0 Å². The fourth-order valence-corrected chi connectivity index (χ4v) is 2.10. The van der Waals surface area contributed by atoms with Crippen molar-refractivity contribution in [3.8, 4) is 0 Å². The van der Waals surface area contributed by atoms with Crippen LogP contribution in [-0.2, 0) is 14.3 Å². The van der Waals surface area contributed by atoms with Gasteiger partial charge in [-0.3, -0.25) is 9.80 Å². The molecule has 1 fully saturated rings. The summed E-state index contributed by atoms with van der Waals surface area (Å²) in [6, 6.07) is -0.484. The van der Waals surface area contributed by atoms with Crippen molar-refractivity contribution in [2.75, 3.05) is 26.2 Å². The third kappa shape index (κ3) is 4.78. The number of urea groups is 1. The van der Waals surface area contributed by atoms with Crippen LogP contribution in [0.5, 0.6) is 0 Å². The SMILES string of the molecule is CCOC(CC=O)N1CCCCN1C(=O)NCC(=O)O. The van der Waals surface area contributed by atoms with E-state index in [4.69, 9.17) is 9.84 Å². The molecular formula is C12H21N3O5. The number of nitrogens with zero attached hydrogens (tertiary/aromatic N) is 2. The van der Waals surface area contributed by atoms with E-state index in [-0.39, 0.29) is 6.42 Å². The van der Waals surface area contributed by atoms with Gasteiger partial charge in [0, 0.05) is 26.1 Å². The largest absolute Gasteiger partial charge is 0.480 e. The number of carbonyl (C=O) groups excluding carboxylic acids is 2. The number of carboxylic acids is 1. The van der Waals surface area contributed by atoms with E-state index in [1.165, 1.54) is 5.01 Å². The lowest BCUT2D eigenvalue weighted by Crippen LogP contribution is -2.58. The summed E-state index contributed by atoms with van der Waals surface area (Å²) in [4.78, 5) is 33.2. The zero-order valence-corrected chi connectivity index (χ0v) is 11.6. The molecule has 0 aromatic carbocycles. The highest BCUT2D eigenvalue weighted by molar-refractivity contribution is 5.79. The summed E-state index contributed by atoms with van der Waals surface area (Å²) in [5.74, 6) is -1.10. The summed E-state index contributed by atoms with van der Waals surface area (Å²) < 4.78 is 5.48. The summed E-state index contributed by atoms with van der Waals surface area (Å²) in [6.07, 6.45) is 2.15. The van der Waals surface area contributed by atoms with Crippen LogP contribution in [0.3, 0.4) is 0 Å². The molecule has 1 saturated heterocycles. The van der Waals surface area contributed by atoms with Gasteiger partial charge < -0.3 is 20.0 Å². The molecule has 0 bridgehead atoms. The minimum atomic E-state index is -1.10. The Hall–Kier alpha value is -1.67. The number of aliphatic carboxylic acids is 1. The van der Waals surface area contributed by atoms with Crippen molar-refractivity contribution in [1.29, 1.82) is 0 Å². The fourth-order valence-electron chi connectivity index (χ4n) is 2.10. The molecule has 2 N–H and O–H groups in total. The van der Waals surface area contributed by atoms with Gasteiger partial charge in [0.05, 0.1) is 0 Å². The van der Waals surface area contributed by atoms with Crippen molar-refractivity contribution < 1.29 is 24.2 Å². The van der Waals surface area contributed by atoms with Gasteiger partial charge in [-0.2, -0.15) is 5.01 Å². The summed E-state index contributed by atoms with van der Waals surface area (Å²) in [7, 11) is 0. The first kappa shape index (κ1) is 16.4. The lowest BCUT2D eigenvalue weighted by atomic mass is 10.2. The van der Waals surface area contributed by atoms with Crippen LogP contribution in [0.4, 0.5) is 4.79 Å². The van der Waals surface area contributed by atoms with Crippen LogP contribution >= 0.6 is 0 Å². The van der Waals surface area contributed by atoms with E-state index in [1.807, 2.05) is 6.92 Å². The predicted octanol–water partition coefficient (Wildman–Crippen LogP) is 0.0450. The molecule has 8 nitrogen and oxygen atoms in total. The zero-order chi connectivity index (χ0) is 15.0. The quantitative estimate of drug-likeness (QED) is 0.642. The number of carbonyl (C=O) groups is 3. The van der Waals surface area contributed by atoms with E-state index in [0.717, 1.165) is 19.1 Å². The minimum absolute atomic E-state index is 0.163. The Bertz CT molecular complexity index is 350. The van der Waals surface area contributed by atoms with Crippen LogP contribution in [0.2, 0.25) is 0 Å². The Labute approximate surface area is 117 Å². The third-order valence-corrected chi connectivity index (χ3v) is 2.93. The molecule has 1 aliphatic heterocycles. The first-order valence-electron chi connectivity index (χ1n) is 6.69. The summed E-state index contributed by atoms with van der Waals surface area (Å²) in [6.45, 7) is 2.89. The molecule has 0 saturated carbocycles. The number of ether oxygens (including phenoxy) is 1. The minimum Gasteiger partial charge on any atom is -0.480 e. The van der Waals surface area contributed by atoms with Gasteiger partial charge in [0.15, 0.2) is 0 Å². The van der Waals surface area contributed by atoms with E-state index in [2.05, 4.69) is 5.32 Å². The fraction of sp³-hybridized carbons (Fsp3) is 0.750. The topological polar surface area (TPSA) is 99.2 Å². The number of carboxylic acid groups (broad SMARTS) is 1. The van der Waals surface area contributed by atoms with Crippen LogP contribution in [0, 0.1) is 0 Å². The zero-order valence-electron chi connectivity index (χ0n) is 11.6. The molecule has 1 unspecified atom stereocenters. The maximum atomic E-state index is 12.0. The van der Waals surface area contributed by atoms with Crippen molar-refractivity contribution in [1.82, 2.24) is 15.3 Å². The Morgan fingerprint density at radius 2 is 2.10 bits per heavy atom. The number of hydrogen-bond acceptors (Lipinski definition) is 5. The van der Waals surface area contributed by atoms with E-state index in [9.17, 15) is 14.4 Å². The van der Waals surface area contributed by atoms with Gasteiger partial charge in [-0.15, -0.1) is 0 Å². The molecule has 1 atom stereocenters. The molecule has 0 aromatic heterocycles. The first-order chi connectivity index (χ1) is 9.60. The van der Waals surface area contributed by atoms with Crippen molar-refractivity contribution >= 4 is 18.3 Å². The Balaban J connectivity index is 2.70. The second kappa shape index (κ2) is 8.49. The van der Waals surface area contributed by atoms with Gasteiger partial charge in [0.25, 0.3) is 0 Å². The van der Waals surface area contributed by atoms with Crippen LogP contribution in [0.25, 0.3) is 0 Å². The van der Waals surface area contributed by atoms with Crippen LogP contribution < -0.4 is 5.32 Å². The third-order valence-electron chi connectivity index (χ3n) is 2.93. The van der Waals surface area contributed by atoms with E-state index in [0.29, 0.717) is 19.7 Å². The molecule has 2 amide bonds. The number of aldehydes is 1. The van der Waals surface area contributed by atoms with Crippen LogP contribution in [-0.4, -0.2) is 65.9 Å². The molecule has 1 aliphatic rings. The second-order valence-corrected chi connectivity index (χ2v) is 4.36. The van der Waals surface area contributed by atoms with E-state index >= 15 is 0 Å². The highest BCUT2D eigenvalue weighted by Gasteiger charge is 2.30. The predicted molar refractivity (Wildman–Crippen MR) is 69.8 cm³/mol. The van der Waals surface area contributed by atoms with Crippen molar-refractivity contribution in [3.63, 3.8) is 0 Å². The average molecular weight is 287 g/mol. The summed E-state index contributed by atoms with van der Waals surface area (Å²) in [5.41, 5.74) is 0. The average Bonchev–Trinajstić information content (AvgIpc) is 2.44. The standard InChI is InChI=1S/C12H21N3O5/c1-2-20-10(5-8-16)14-6-3-4-7-15(14)12(19)13-9-11(17)18/h8,10H,2-7,9H2,1H3,(H,13,19)(H,17,18). The first-order valence-corrected chi connectivity index (χ1v) is 6.69. The van der Waals surface area contributed by atoms with Gasteiger partial charge >= 0.3 is 12.0 Å². The summed E-state index contributed by atoms with van der Waals surface area (Å²) in [5, 5.41) is 14.0. The van der Waals surface area contributed by atoms with Gasteiger partial charge in [-0.05, 0) is 19.8 Å². The maximum Gasteiger partial charge on any atom is 0.332 e. The van der Waals surface area contributed by atoms with Crippen LogP contribution in [0.1, 0.15) is 26.2 Å². The number of nitrogens with one attached hydrogen (secondary N) is 1. The molecule has 114 valence electrons.